The number of carboxylic acids is 1. The number of carbonyl (C=O) groups is 1. The van der Waals surface area contributed by atoms with Crippen LogP contribution in [0.4, 0.5) is 0 Å². The molecule has 0 heterocycles. The molecule has 98 valence electrons. The van der Waals surface area contributed by atoms with E-state index in [4.69, 9.17) is 5.11 Å². The summed E-state index contributed by atoms with van der Waals surface area (Å²) in [7, 11) is -3.21. The van der Waals surface area contributed by atoms with Gasteiger partial charge in [-0.1, -0.05) is 6.42 Å². The molecule has 2 unspecified atom stereocenters. The van der Waals surface area contributed by atoms with Crippen LogP contribution in [-0.4, -0.2) is 31.3 Å². The summed E-state index contributed by atoms with van der Waals surface area (Å²) >= 11 is 0. The molecule has 2 rings (SSSR count). The predicted molar refractivity (Wildman–Crippen MR) is 63.0 cm³/mol. The van der Waals surface area contributed by atoms with Crippen LogP contribution in [0.2, 0.25) is 0 Å². The van der Waals surface area contributed by atoms with E-state index < -0.39 is 21.9 Å². The van der Waals surface area contributed by atoms with Gasteiger partial charge in [0.2, 0.25) is 10.0 Å². The summed E-state index contributed by atoms with van der Waals surface area (Å²) in [5.41, 5.74) is 0. The fourth-order valence-electron chi connectivity index (χ4n) is 2.42. The Labute approximate surface area is 102 Å². The fourth-order valence-corrected chi connectivity index (χ4v) is 4.19. The molecule has 2 aliphatic rings. The van der Waals surface area contributed by atoms with Gasteiger partial charge in [0.05, 0.1) is 11.7 Å². The molecule has 2 atom stereocenters. The second kappa shape index (κ2) is 4.94. The van der Waals surface area contributed by atoms with E-state index in [-0.39, 0.29) is 11.8 Å². The van der Waals surface area contributed by atoms with Crippen LogP contribution in [-0.2, 0) is 14.8 Å². The average molecular weight is 261 g/mol. The summed E-state index contributed by atoms with van der Waals surface area (Å²) in [6.07, 6.45) is 4.64. The van der Waals surface area contributed by atoms with Gasteiger partial charge >= 0.3 is 5.97 Å². The highest BCUT2D eigenvalue weighted by Crippen LogP contribution is 2.31. The molecule has 0 aliphatic heterocycles. The van der Waals surface area contributed by atoms with Gasteiger partial charge in [-0.05, 0) is 38.0 Å². The summed E-state index contributed by atoms with van der Waals surface area (Å²) in [5.74, 6) is -0.666. The van der Waals surface area contributed by atoms with E-state index in [1.807, 2.05) is 0 Å². The zero-order valence-corrected chi connectivity index (χ0v) is 10.6. The first kappa shape index (κ1) is 12.8. The van der Waals surface area contributed by atoms with Crippen LogP contribution in [0.3, 0.4) is 0 Å². The SMILES string of the molecule is O=C(O)C1CCCC(NS(=O)(=O)CC2CC2)C1. The Balaban J connectivity index is 1.87. The molecule has 2 N–H and O–H groups in total. The van der Waals surface area contributed by atoms with E-state index in [0.717, 1.165) is 25.7 Å². The topological polar surface area (TPSA) is 83.5 Å². The molecular weight excluding hydrogens is 242 g/mol. The van der Waals surface area contributed by atoms with E-state index in [1.54, 1.807) is 0 Å². The number of hydrogen-bond acceptors (Lipinski definition) is 3. The third kappa shape index (κ3) is 3.96. The monoisotopic (exact) mass is 261 g/mol. The maximum atomic E-state index is 11.8. The lowest BCUT2D eigenvalue weighted by Crippen LogP contribution is -2.41. The summed E-state index contributed by atoms with van der Waals surface area (Å²) in [4.78, 5) is 10.9. The molecule has 0 bridgehead atoms. The standard InChI is InChI=1S/C11H19NO4S/c13-11(14)9-2-1-3-10(6-9)12-17(15,16)7-8-4-5-8/h8-10,12H,1-7H2,(H,13,14). The molecular formula is C11H19NO4S. The second-order valence-corrected chi connectivity index (χ2v) is 7.04. The fraction of sp³-hybridized carbons (Fsp3) is 0.909. The second-order valence-electron chi connectivity index (χ2n) is 5.24. The van der Waals surface area contributed by atoms with Crippen molar-refractivity contribution in [2.45, 2.75) is 44.6 Å². The van der Waals surface area contributed by atoms with Gasteiger partial charge in [-0.3, -0.25) is 4.79 Å². The van der Waals surface area contributed by atoms with Crippen molar-refractivity contribution < 1.29 is 18.3 Å². The van der Waals surface area contributed by atoms with E-state index in [0.29, 0.717) is 18.8 Å². The molecule has 17 heavy (non-hydrogen) atoms. The van der Waals surface area contributed by atoms with Gasteiger partial charge in [0.25, 0.3) is 0 Å². The van der Waals surface area contributed by atoms with Gasteiger partial charge < -0.3 is 5.11 Å². The number of nitrogens with one attached hydrogen (secondary N) is 1. The Morgan fingerprint density at radius 2 is 1.94 bits per heavy atom. The lowest BCUT2D eigenvalue weighted by molar-refractivity contribution is -0.143. The van der Waals surface area contributed by atoms with E-state index in [9.17, 15) is 13.2 Å². The molecule has 2 aliphatic carbocycles. The van der Waals surface area contributed by atoms with Crippen LogP contribution in [0.15, 0.2) is 0 Å². The first-order valence-corrected chi connectivity index (χ1v) is 7.84. The molecule has 0 amide bonds. The van der Waals surface area contributed by atoms with Crippen LogP contribution in [0.1, 0.15) is 38.5 Å². The highest BCUT2D eigenvalue weighted by Gasteiger charge is 2.32. The Morgan fingerprint density at radius 1 is 1.24 bits per heavy atom. The highest BCUT2D eigenvalue weighted by molar-refractivity contribution is 7.89. The largest absolute Gasteiger partial charge is 0.481 e. The summed E-state index contributed by atoms with van der Waals surface area (Å²) < 4.78 is 26.2. The normalized spacial score (nSPS) is 30.1. The Bertz CT molecular complexity index is 388. The number of sulfonamides is 1. The van der Waals surface area contributed by atoms with Crippen molar-refractivity contribution in [1.82, 2.24) is 4.72 Å². The van der Waals surface area contributed by atoms with Crippen molar-refractivity contribution in [1.29, 1.82) is 0 Å². The number of aliphatic carboxylic acids is 1. The van der Waals surface area contributed by atoms with Crippen molar-refractivity contribution in [2.24, 2.45) is 11.8 Å². The Hall–Kier alpha value is -0.620. The Kier molecular flexibility index (Phi) is 3.73. The zero-order valence-electron chi connectivity index (χ0n) is 9.76. The minimum absolute atomic E-state index is 0.186. The lowest BCUT2D eigenvalue weighted by Gasteiger charge is -2.27. The lowest BCUT2D eigenvalue weighted by atomic mass is 9.86. The quantitative estimate of drug-likeness (QED) is 0.772. The molecule has 2 fully saturated rings. The van der Waals surface area contributed by atoms with Crippen LogP contribution in [0, 0.1) is 11.8 Å². The molecule has 5 nitrogen and oxygen atoms in total. The summed E-state index contributed by atoms with van der Waals surface area (Å²) in [6.45, 7) is 0. The molecule has 2 saturated carbocycles. The highest BCUT2D eigenvalue weighted by atomic mass is 32.2. The molecule has 0 aromatic heterocycles. The Morgan fingerprint density at radius 3 is 2.53 bits per heavy atom. The minimum atomic E-state index is -3.21. The molecule has 6 heteroatoms. The van der Waals surface area contributed by atoms with E-state index in [2.05, 4.69) is 4.72 Å². The van der Waals surface area contributed by atoms with Gasteiger partial charge in [-0.2, -0.15) is 0 Å². The van der Waals surface area contributed by atoms with Crippen molar-refractivity contribution in [2.75, 3.05) is 5.75 Å². The van der Waals surface area contributed by atoms with E-state index >= 15 is 0 Å². The van der Waals surface area contributed by atoms with Crippen LogP contribution >= 0.6 is 0 Å². The predicted octanol–water partition coefficient (Wildman–Crippen LogP) is 0.959. The summed E-state index contributed by atoms with van der Waals surface area (Å²) in [6, 6.07) is -0.186. The van der Waals surface area contributed by atoms with Crippen LogP contribution < -0.4 is 4.72 Å². The van der Waals surface area contributed by atoms with Crippen LogP contribution in [0.5, 0.6) is 0 Å². The summed E-state index contributed by atoms with van der Waals surface area (Å²) in [5, 5.41) is 8.93. The van der Waals surface area contributed by atoms with Gasteiger partial charge in [0.1, 0.15) is 0 Å². The smallest absolute Gasteiger partial charge is 0.306 e. The first-order valence-electron chi connectivity index (χ1n) is 6.19. The van der Waals surface area contributed by atoms with Crippen molar-refractivity contribution in [3.63, 3.8) is 0 Å². The third-order valence-corrected chi connectivity index (χ3v) is 5.12. The number of rotatable bonds is 5. The molecule has 0 aromatic rings. The van der Waals surface area contributed by atoms with Gasteiger partial charge in [-0.25, -0.2) is 13.1 Å². The maximum absolute atomic E-state index is 11.8. The van der Waals surface area contributed by atoms with Crippen molar-refractivity contribution in [3.05, 3.63) is 0 Å². The molecule has 0 spiro atoms. The van der Waals surface area contributed by atoms with Gasteiger partial charge in [0.15, 0.2) is 0 Å². The third-order valence-electron chi connectivity index (χ3n) is 3.52. The molecule has 0 radical (unpaired) electrons. The average Bonchev–Trinajstić information content (AvgIpc) is 3.00. The van der Waals surface area contributed by atoms with Gasteiger partial charge in [0, 0.05) is 6.04 Å². The molecule has 0 saturated heterocycles. The van der Waals surface area contributed by atoms with Crippen molar-refractivity contribution in [3.8, 4) is 0 Å². The zero-order chi connectivity index (χ0) is 12.5. The number of hydrogen-bond donors (Lipinski definition) is 2. The van der Waals surface area contributed by atoms with Crippen LogP contribution in [0.25, 0.3) is 0 Å². The van der Waals surface area contributed by atoms with E-state index in [1.165, 1.54) is 0 Å². The first-order chi connectivity index (χ1) is 7.96. The van der Waals surface area contributed by atoms with Crippen molar-refractivity contribution >= 4 is 16.0 Å². The molecule has 0 aromatic carbocycles. The van der Waals surface area contributed by atoms with Gasteiger partial charge in [-0.15, -0.1) is 0 Å². The minimum Gasteiger partial charge on any atom is -0.481 e. The number of carboxylic acid groups (broad SMARTS) is 1. The maximum Gasteiger partial charge on any atom is 0.306 e.